The van der Waals surface area contributed by atoms with E-state index < -0.39 is 0 Å². The molecule has 0 aliphatic carbocycles. The van der Waals surface area contributed by atoms with Crippen LogP contribution in [0.2, 0.25) is 0 Å². The molecule has 0 N–H and O–H groups in total. The van der Waals surface area contributed by atoms with Crippen LogP contribution in [-0.2, 0) is 6.54 Å². The molecule has 90 valence electrons. The summed E-state index contributed by atoms with van der Waals surface area (Å²) in [5.74, 6) is 0.844. The molecule has 2 nitrogen and oxygen atoms in total. The van der Waals surface area contributed by atoms with Gasteiger partial charge in [0, 0.05) is 11.3 Å². The van der Waals surface area contributed by atoms with Crippen LogP contribution in [0.4, 0.5) is 0 Å². The van der Waals surface area contributed by atoms with Gasteiger partial charge in [0.15, 0.2) is 0 Å². The Morgan fingerprint density at radius 3 is 2.82 bits per heavy atom. The van der Waals surface area contributed by atoms with Crippen molar-refractivity contribution < 1.29 is 0 Å². The summed E-state index contributed by atoms with van der Waals surface area (Å²) in [6.45, 7) is 3.40. The van der Waals surface area contributed by atoms with Crippen LogP contribution >= 0.6 is 0 Å². The van der Waals surface area contributed by atoms with Gasteiger partial charge in [-0.15, -0.1) is 0 Å². The summed E-state index contributed by atoms with van der Waals surface area (Å²) in [7, 11) is 2.22. The van der Waals surface area contributed by atoms with Crippen LogP contribution in [0.1, 0.15) is 30.4 Å². The Morgan fingerprint density at radius 1 is 1.24 bits per heavy atom. The van der Waals surface area contributed by atoms with E-state index in [-0.39, 0.29) is 0 Å². The summed E-state index contributed by atoms with van der Waals surface area (Å²) in [5, 5.41) is 0. The molecule has 0 saturated carbocycles. The van der Waals surface area contributed by atoms with Gasteiger partial charge in [0.2, 0.25) is 0 Å². The smallest absolute Gasteiger partial charge is 0.0649 e. The van der Waals surface area contributed by atoms with Crippen LogP contribution in [0, 0.1) is 5.92 Å². The standard InChI is InChI=1S/C15H20N2/c1-17-8-6-12(7-9-17)10-15-14-5-3-2-4-13(14)11-16-15/h2-5,12H,6-11H2,1H3. The average molecular weight is 228 g/mol. The van der Waals surface area contributed by atoms with Crippen LogP contribution in [0.3, 0.4) is 0 Å². The minimum absolute atomic E-state index is 0.844. The largest absolute Gasteiger partial charge is 0.306 e. The van der Waals surface area contributed by atoms with Gasteiger partial charge in [0.25, 0.3) is 0 Å². The van der Waals surface area contributed by atoms with Crippen molar-refractivity contribution in [3.63, 3.8) is 0 Å². The molecular formula is C15H20N2. The molecule has 2 heterocycles. The third-order valence-electron chi connectivity index (χ3n) is 4.09. The Labute approximate surface area is 103 Å². The van der Waals surface area contributed by atoms with Gasteiger partial charge < -0.3 is 4.90 Å². The number of hydrogen-bond acceptors (Lipinski definition) is 2. The SMILES string of the molecule is CN1CCC(CC2=NCc3ccccc32)CC1. The second-order valence-electron chi connectivity index (χ2n) is 5.37. The van der Waals surface area contributed by atoms with Gasteiger partial charge in [0.1, 0.15) is 0 Å². The first kappa shape index (κ1) is 11.0. The second-order valence-corrected chi connectivity index (χ2v) is 5.37. The van der Waals surface area contributed by atoms with Gasteiger partial charge in [-0.05, 0) is 50.9 Å². The number of benzene rings is 1. The van der Waals surface area contributed by atoms with Gasteiger partial charge in [-0.25, -0.2) is 0 Å². The predicted molar refractivity (Wildman–Crippen MR) is 71.5 cm³/mol. The van der Waals surface area contributed by atoms with Crippen molar-refractivity contribution in [2.24, 2.45) is 10.9 Å². The Hall–Kier alpha value is -1.15. The molecule has 2 aliphatic heterocycles. The fraction of sp³-hybridized carbons (Fsp3) is 0.533. The van der Waals surface area contributed by atoms with Gasteiger partial charge in [0.05, 0.1) is 6.54 Å². The number of likely N-dealkylation sites (tertiary alicyclic amines) is 1. The van der Waals surface area contributed by atoms with E-state index in [4.69, 9.17) is 4.99 Å². The number of rotatable bonds is 2. The fourth-order valence-corrected chi connectivity index (χ4v) is 2.92. The van der Waals surface area contributed by atoms with Gasteiger partial charge in [-0.3, -0.25) is 4.99 Å². The van der Waals surface area contributed by atoms with Crippen molar-refractivity contribution in [3.8, 4) is 0 Å². The summed E-state index contributed by atoms with van der Waals surface area (Å²) in [6, 6.07) is 8.69. The van der Waals surface area contributed by atoms with E-state index in [2.05, 4.69) is 36.2 Å². The highest BCUT2D eigenvalue weighted by Gasteiger charge is 2.22. The molecule has 1 aromatic rings. The third-order valence-corrected chi connectivity index (χ3v) is 4.09. The lowest BCUT2D eigenvalue weighted by Crippen LogP contribution is -2.31. The second kappa shape index (κ2) is 4.61. The quantitative estimate of drug-likeness (QED) is 0.760. The van der Waals surface area contributed by atoms with Crippen molar-refractivity contribution >= 4 is 5.71 Å². The molecule has 1 aromatic carbocycles. The first-order valence-corrected chi connectivity index (χ1v) is 6.63. The molecule has 1 saturated heterocycles. The Morgan fingerprint density at radius 2 is 2.00 bits per heavy atom. The van der Waals surface area contributed by atoms with Crippen molar-refractivity contribution in [1.82, 2.24) is 4.90 Å². The van der Waals surface area contributed by atoms with Crippen molar-refractivity contribution in [1.29, 1.82) is 0 Å². The van der Waals surface area contributed by atoms with E-state index >= 15 is 0 Å². The molecule has 0 radical (unpaired) electrons. The lowest BCUT2D eigenvalue weighted by Gasteiger charge is -2.28. The molecule has 0 bridgehead atoms. The van der Waals surface area contributed by atoms with Gasteiger partial charge in [-0.2, -0.15) is 0 Å². The summed E-state index contributed by atoms with van der Waals surface area (Å²) in [4.78, 5) is 7.15. The minimum atomic E-state index is 0.844. The monoisotopic (exact) mass is 228 g/mol. The molecular weight excluding hydrogens is 208 g/mol. The minimum Gasteiger partial charge on any atom is -0.306 e. The van der Waals surface area contributed by atoms with Gasteiger partial charge in [-0.1, -0.05) is 24.3 Å². The zero-order valence-corrected chi connectivity index (χ0v) is 10.5. The maximum absolute atomic E-state index is 4.72. The molecule has 0 spiro atoms. The van der Waals surface area contributed by atoms with Crippen LogP contribution in [-0.4, -0.2) is 30.7 Å². The normalized spacial score (nSPS) is 21.4. The fourth-order valence-electron chi connectivity index (χ4n) is 2.92. The summed E-state index contributed by atoms with van der Waals surface area (Å²) >= 11 is 0. The summed E-state index contributed by atoms with van der Waals surface area (Å²) < 4.78 is 0. The van der Waals surface area contributed by atoms with E-state index in [9.17, 15) is 0 Å². The number of nitrogens with zero attached hydrogens (tertiary/aromatic N) is 2. The van der Waals surface area contributed by atoms with E-state index in [1.165, 1.54) is 49.2 Å². The molecule has 1 fully saturated rings. The van der Waals surface area contributed by atoms with Crippen molar-refractivity contribution in [3.05, 3.63) is 35.4 Å². The molecule has 2 heteroatoms. The van der Waals surface area contributed by atoms with E-state index in [0.717, 1.165) is 12.5 Å². The van der Waals surface area contributed by atoms with Crippen molar-refractivity contribution in [2.45, 2.75) is 25.8 Å². The van der Waals surface area contributed by atoms with Gasteiger partial charge >= 0.3 is 0 Å². The topological polar surface area (TPSA) is 15.6 Å². The van der Waals surface area contributed by atoms with Crippen LogP contribution in [0.5, 0.6) is 0 Å². The first-order valence-electron chi connectivity index (χ1n) is 6.63. The maximum atomic E-state index is 4.72. The zero-order chi connectivity index (χ0) is 11.7. The molecule has 2 aliphatic rings. The number of piperidine rings is 1. The van der Waals surface area contributed by atoms with E-state index in [0.29, 0.717) is 0 Å². The highest BCUT2D eigenvalue weighted by molar-refractivity contribution is 6.03. The molecule has 3 rings (SSSR count). The molecule has 0 amide bonds. The van der Waals surface area contributed by atoms with E-state index in [1.54, 1.807) is 0 Å². The molecule has 0 aromatic heterocycles. The molecule has 0 atom stereocenters. The summed E-state index contributed by atoms with van der Waals surface area (Å²) in [5.41, 5.74) is 4.18. The number of fused-ring (bicyclic) bond motifs is 1. The number of hydrogen-bond donors (Lipinski definition) is 0. The zero-order valence-electron chi connectivity index (χ0n) is 10.5. The van der Waals surface area contributed by atoms with E-state index in [1.807, 2.05) is 0 Å². The summed E-state index contributed by atoms with van der Waals surface area (Å²) in [6.07, 6.45) is 3.85. The lowest BCUT2D eigenvalue weighted by atomic mass is 9.89. The van der Waals surface area contributed by atoms with Crippen LogP contribution in [0.25, 0.3) is 0 Å². The maximum Gasteiger partial charge on any atom is 0.0649 e. The Kier molecular flexibility index (Phi) is 2.98. The Bertz CT molecular complexity index is 428. The van der Waals surface area contributed by atoms with Crippen molar-refractivity contribution in [2.75, 3.05) is 20.1 Å². The Balaban J connectivity index is 1.67. The lowest BCUT2D eigenvalue weighted by molar-refractivity contribution is 0.223. The third kappa shape index (κ3) is 2.27. The predicted octanol–water partition coefficient (Wildman–Crippen LogP) is 2.72. The highest BCUT2D eigenvalue weighted by Crippen LogP contribution is 2.26. The van der Waals surface area contributed by atoms with Crippen LogP contribution < -0.4 is 0 Å². The average Bonchev–Trinajstić information content (AvgIpc) is 2.76. The number of aliphatic imine (C=N–C) groups is 1. The van der Waals surface area contributed by atoms with Crippen LogP contribution in [0.15, 0.2) is 29.3 Å². The first-order chi connectivity index (χ1) is 8.33. The molecule has 0 unspecified atom stereocenters. The highest BCUT2D eigenvalue weighted by atomic mass is 15.1. The molecule has 17 heavy (non-hydrogen) atoms.